The molecule has 0 aliphatic heterocycles. The number of hydrogen-bond donors (Lipinski definition) is 0. The van der Waals surface area contributed by atoms with Crippen LogP contribution in [0.2, 0.25) is 0 Å². The number of thiophene rings is 1. The van der Waals surface area contributed by atoms with Crippen molar-refractivity contribution in [1.82, 2.24) is 0 Å². The molecule has 1 aromatic carbocycles. The van der Waals surface area contributed by atoms with Gasteiger partial charge in [0, 0.05) is 11.4 Å². The van der Waals surface area contributed by atoms with Gasteiger partial charge in [0.2, 0.25) is 0 Å². The first-order valence-corrected chi connectivity index (χ1v) is 8.71. The van der Waals surface area contributed by atoms with E-state index in [1.165, 1.54) is 28.6 Å². The Bertz CT molecular complexity index is 683. The van der Waals surface area contributed by atoms with Gasteiger partial charge >= 0.3 is 0 Å². The molecule has 0 atom stereocenters. The predicted octanol–water partition coefficient (Wildman–Crippen LogP) is 3.84. The van der Waals surface area contributed by atoms with E-state index in [1.807, 2.05) is 0 Å². The lowest BCUT2D eigenvalue weighted by atomic mass is 10.3. The molecule has 0 N–H and O–H groups in total. The van der Waals surface area contributed by atoms with Gasteiger partial charge in [0.25, 0.3) is 10.0 Å². The van der Waals surface area contributed by atoms with Crippen molar-refractivity contribution in [2.75, 3.05) is 10.8 Å². The third-order valence-electron chi connectivity index (χ3n) is 2.71. The van der Waals surface area contributed by atoms with Gasteiger partial charge in [-0.1, -0.05) is 0 Å². The van der Waals surface area contributed by atoms with Crippen LogP contribution in [0.5, 0.6) is 0 Å². The second-order valence-electron chi connectivity index (χ2n) is 4.00. The van der Waals surface area contributed by atoms with Crippen LogP contribution in [-0.2, 0) is 15.9 Å². The zero-order valence-corrected chi connectivity index (χ0v) is 13.1. The summed E-state index contributed by atoms with van der Waals surface area (Å²) in [4.78, 5) is 0.792. The van der Waals surface area contributed by atoms with Crippen LogP contribution >= 0.6 is 22.9 Å². The number of nitrogens with zero attached hydrogens (tertiary/aromatic N) is 1. The van der Waals surface area contributed by atoms with Crippen LogP contribution in [0.3, 0.4) is 0 Å². The van der Waals surface area contributed by atoms with Crippen molar-refractivity contribution in [3.63, 3.8) is 0 Å². The van der Waals surface area contributed by atoms with Crippen LogP contribution < -0.4 is 4.31 Å². The normalized spacial score (nSPS) is 11.6. The first-order chi connectivity index (χ1) is 9.48. The second-order valence-corrected chi connectivity index (χ2v) is 7.53. The zero-order chi connectivity index (χ0) is 14.8. The second kappa shape index (κ2) is 6.11. The predicted molar refractivity (Wildman–Crippen MR) is 80.5 cm³/mol. The van der Waals surface area contributed by atoms with E-state index in [1.54, 1.807) is 19.1 Å². The average Bonchev–Trinajstić information content (AvgIpc) is 2.91. The quantitative estimate of drug-likeness (QED) is 0.780. The van der Waals surface area contributed by atoms with Gasteiger partial charge in [-0.25, -0.2) is 12.8 Å². The molecule has 7 heteroatoms. The lowest BCUT2D eigenvalue weighted by Gasteiger charge is -2.21. The zero-order valence-electron chi connectivity index (χ0n) is 10.7. The van der Waals surface area contributed by atoms with Crippen molar-refractivity contribution in [1.29, 1.82) is 0 Å². The molecule has 0 unspecified atom stereocenters. The van der Waals surface area contributed by atoms with Crippen molar-refractivity contribution in [3.8, 4) is 0 Å². The van der Waals surface area contributed by atoms with E-state index in [0.29, 0.717) is 5.69 Å². The minimum absolute atomic E-state index is 0.235. The topological polar surface area (TPSA) is 37.4 Å². The van der Waals surface area contributed by atoms with E-state index in [-0.39, 0.29) is 16.6 Å². The Balaban J connectivity index is 2.41. The van der Waals surface area contributed by atoms with E-state index >= 15 is 0 Å². The van der Waals surface area contributed by atoms with E-state index in [4.69, 9.17) is 11.6 Å². The highest BCUT2D eigenvalue weighted by Gasteiger charge is 2.25. The summed E-state index contributed by atoms with van der Waals surface area (Å²) in [5.74, 6) is -0.120. The summed E-state index contributed by atoms with van der Waals surface area (Å²) in [7, 11) is -3.64. The third kappa shape index (κ3) is 2.97. The summed E-state index contributed by atoms with van der Waals surface area (Å²) >= 11 is 6.84. The SMILES string of the molecule is CCN(c1ccc(F)cc1)S(=O)(=O)c1ccc(CCl)s1. The van der Waals surface area contributed by atoms with Crippen molar-refractivity contribution in [2.45, 2.75) is 17.0 Å². The van der Waals surface area contributed by atoms with Gasteiger partial charge in [-0.3, -0.25) is 4.31 Å². The number of anilines is 1. The first kappa shape index (κ1) is 15.3. The van der Waals surface area contributed by atoms with Crippen molar-refractivity contribution >= 4 is 38.6 Å². The Morgan fingerprint density at radius 1 is 1.20 bits per heavy atom. The van der Waals surface area contributed by atoms with Gasteiger partial charge in [-0.2, -0.15) is 0 Å². The Labute approximate surface area is 126 Å². The van der Waals surface area contributed by atoms with Gasteiger partial charge in [0.15, 0.2) is 0 Å². The summed E-state index contributed by atoms with van der Waals surface area (Å²) in [5, 5.41) is 0. The van der Waals surface area contributed by atoms with Gasteiger partial charge < -0.3 is 0 Å². The molecule has 1 aromatic heterocycles. The molecule has 2 aromatic rings. The van der Waals surface area contributed by atoms with E-state index in [9.17, 15) is 12.8 Å². The Morgan fingerprint density at radius 3 is 2.35 bits per heavy atom. The van der Waals surface area contributed by atoms with Crippen LogP contribution in [0.1, 0.15) is 11.8 Å². The molecule has 108 valence electrons. The van der Waals surface area contributed by atoms with Crippen LogP contribution in [0.4, 0.5) is 10.1 Å². The highest BCUT2D eigenvalue weighted by molar-refractivity contribution is 7.94. The largest absolute Gasteiger partial charge is 0.273 e. The van der Waals surface area contributed by atoms with Gasteiger partial charge in [0.05, 0.1) is 11.6 Å². The molecule has 3 nitrogen and oxygen atoms in total. The number of halogens is 2. The highest BCUT2D eigenvalue weighted by Crippen LogP contribution is 2.29. The van der Waals surface area contributed by atoms with Gasteiger partial charge in [0.1, 0.15) is 10.0 Å². The van der Waals surface area contributed by atoms with Crippen molar-refractivity contribution < 1.29 is 12.8 Å². The van der Waals surface area contributed by atoms with Crippen LogP contribution in [0, 0.1) is 5.82 Å². The van der Waals surface area contributed by atoms with Crippen LogP contribution in [-0.4, -0.2) is 15.0 Å². The Kier molecular flexibility index (Phi) is 4.67. The summed E-state index contributed by atoms with van der Waals surface area (Å²) in [6.45, 7) is 2.00. The van der Waals surface area contributed by atoms with Crippen LogP contribution in [0.15, 0.2) is 40.6 Å². The average molecular weight is 334 g/mol. The molecule has 0 spiro atoms. The molecule has 0 fully saturated rings. The monoisotopic (exact) mass is 333 g/mol. The maximum absolute atomic E-state index is 12.9. The molecule has 0 bridgehead atoms. The molecular weight excluding hydrogens is 321 g/mol. The number of hydrogen-bond acceptors (Lipinski definition) is 3. The summed E-state index contributed by atoms with van der Waals surface area (Å²) in [6, 6.07) is 8.63. The lowest BCUT2D eigenvalue weighted by molar-refractivity contribution is 0.593. The molecule has 2 rings (SSSR count). The molecular formula is C13H13ClFNO2S2. The fraction of sp³-hybridized carbons (Fsp3) is 0.231. The van der Waals surface area contributed by atoms with E-state index in [2.05, 4.69) is 0 Å². The van der Waals surface area contributed by atoms with Gasteiger partial charge in [-0.15, -0.1) is 22.9 Å². The minimum Gasteiger partial charge on any atom is -0.266 e. The summed E-state index contributed by atoms with van der Waals surface area (Å²) in [6.07, 6.45) is 0. The fourth-order valence-electron chi connectivity index (χ4n) is 1.78. The van der Waals surface area contributed by atoms with Crippen molar-refractivity contribution in [3.05, 3.63) is 47.1 Å². The van der Waals surface area contributed by atoms with Crippen LogP contribution in [0.25, 0.3) is 0 Å². The summed E-state index contributed by atoms with van der Waals surface area (Å²) < 4.78 is 39.6. The minimum atomic E-state index is -3.64. The molecule has 20 heavy (non-hydrogen) atoms. The molecule has 0 saturated carbocycles. The third-order valence-corrected chi connectivity index (χ3v) is 6.62. The maximum Gasteiger partial charge on any atom is 0.273 e. The maximum atomic E-state index is 12.9. The van der Waals surface area contributed by atoms with E-state index < -0.39 is 15.8 Å². The molecule has 1 heterocycles. The molecule has 0 saturated heterocycles. The molecule has 0 aliphatic carbocycles. The van der Waals surface area contributed by atoms with Gasteiger partial charge in [-0.05, 0) is 43.3 Å². The Hall–Kier alpha value is -1.11. The molecule has 0 aliphatic rings. The molecule has 0 radical (unpaired) electrons. The number of sulfonamides is 1. The number of alkyl halides is 1. The number of rotatable bonds is 5. The highest BCUT2D eigenvalue weighted by atomic mass is 35.5. The Morgan fingerprint density at radius 2 is 1.85 bits per heavy atom. The first-order valence-electron chi connectivity index (χ1n) is 5.92. The number of benzene rings is 1. The van der Waals surface area contributed by atoms with Crippen molar-refractivity contribution in [2.24, 2.45) is 0 Å². The standard InChI is InChI=1S/C13H13ClFNO2S2/c1-2-16(11-5-3-10(15)4-6-11)20(17,18)13-8-7-12(9-14)19-13/h3-8H,2,9H2,1H3. The summed E-state index contributed by atoms with van der Waals surface area (Å²) in [5.41, 5.74) is 0.440. The molecule has 0 amide bonds. The lowest BCUT2D eigenvalue weighted by Crippen LogP contribution is -2.30. The van der Waals surface area contributed by atoms with E-state index in [0.717, 1.165) is 16.2 Å². The smallest absolute Gasteiger partial charge is 0.266 e. The fourth-order valence-corrected chi connectivity index (χ4v) is 4.82.